The molecule has 4 atom stereocenters. The van der Waals surface area contributed by atoms with Gasteiger partial charge in [0.15, 0.2) is 0 Å². The second kappa shape index (κ2) is 3.64. The van der Waals surface area contributed by atoms with Crippen molar-refractivity contribution in [3.05, 3.63) is 0 Å². The first-order chi connectivity index (χ1) is 6.89. The van der Waals surface area contributed by atoms with E-state index >= 15 is 0 Å². The van der Waals surface area contributed by atoms with Crippen LogP contribution in [0.2, 0.25) is 0 Å². The third-order valence-electron chi connectivity index (χ3n) is 4.49. The van der Waals surface area contributed by atoms with Gasteiger partial charge in [0.1, 0.15) is 0 Å². The molecule has 2 saturated carbocycles. The van der Waals surface area contributed by atoms with Gasteiger partial charge in [-0.1, -0.05) is 13.8 Å². The Labute approximate surface area is 96.5 Å². The summed E-state index contributed by atoms with van der Waals surface area (Å²) in [6.45, 7) is 6.82. The zero-order valence-electron chi connectivity index (χ0n) is 9.86. The summed E-state index contributed by atoms with van der Waals surface area (Å²) in [5, 5.41) is 19.5. The lowest BCUT2D eigenvalue weighted by atomic mass is 9.86. The van der Waals surface area contributed by atoms with Crippen molar-refractivity contribution in [2.75, 3.05) is 12.4 Å². The molecule has 0 amide bonds. The summed E-state index contributed by atoms with van der Waals surface area (Å²) in [5.74, 6) is 2.27. The van der Waals surface area contributed by atoms with Gasteiger partial charge in [0, 0.05) is 11.0 Å². The molecule has 2 N–H and O–H groups in total. The van der Waals surface area contributed by atoms with Crippen molar-refractivity contribution in [1.29, 1.82) is 0 Å². The highest BCUT2D eigenvalue weighted by Crippen LogP contribution is 2.67. The van der Waals surface area contributed by atoms with Crippen LogP contribution in [0.25, 0.3) is 0 Å². The van der Waals surface area contributed by atoms with Crippen molar-refractivity contribution in [1.82, 2.24) is 0 Å². The molecular weight excluding hydrogens is 208 g/mol. The van der Waals surface area contributed by atoms with E-state index in [0.29, 0.717) is 10.7 Å². The summed E-state index contributed by atoms with van der Waals surface area (Å²) in [7, 11) is 0. The molecule has 15 heavy (non-hydrogen) atoms. The molecule has 2 rings (SSSR count). The first kappa shape index (κ1) is 11.7. The zero-order valence-corrected chi connectivity index (χ0v) is 10.7. The highest BCUT2D eigenvalue weighted by molar-refractivity contribution is 8.00. The molecule has 0 radical (unpaired) electrons. The largest absolute Gasteiger partial charge is 0.396 e. The van der Waals surface area contributed by atoms with Crippen LogP contribution in [0.4, 0.5) is 0 Å². The fourth-order valence-corrected chi connectivity index (χ4v) is 4.42. The predicted molar refractivity (Wildman–Crippen MR) is 64.0 cm³/mol. The molecule has 0 saturated heterocycles. The number of thioether (sulfide) groups is 1. The van der Waals surface area contributed by atoms with E-state index in [4.69, 9.17) is 5.11 Å². The highest BCUT2D eigenvalue weighted by Gasteiger charge is 2.63. The van der Waals surface area contributed by atoms with E-state index in [1.54, 1.807) is 11.8 Å². The van der Waals surface area contributed by atoms with Crippen LogP contribution in [-0.2, 0) is 0 Å². The normalized spacial score (nSPS) is 47.4. The Hall–Kier alpha value is 0.270. The fourth-order valence-electron chi connectivity index (χ4n) is 3.23. The van der Waals surface area contributed by atoms with E-state index in [1.165, 1.54) is 0 Å². The Balaban J connectivity index is 2.00. The van der Waals surface area contributed by atoms with Gasteiger partial charge in [0.25, 0.3) is 0 Å². The molecule has 0 bridgehead atoms. The van der Waals surface area contributed by atoms with E-state index in [0.717, 1.165) is 30.4 Å². The van der Waals surface area contributed by atoms with Gasteiger partial charge in [0.2, 0.25) is 0 Å². The number of hydrogen-bond donors (Lipinski definition) is 2. The molecule has 0 aromatic carbocycles. The Morgan fingerprint density at radius 1 is 1.27 bits per heavy atom. The number of fused-ring (bicyclic) bond motifs is 1. The molecule has 2 aliphatic rings. The molecular formula is C12H22O2S. The van der Waals surface area contributed by atoms with Crippen LogP contribution in [0.1, 0.15) is 33.6 Å². The lowest BCUT2D eigenvalue weighted by molar-refractivity contribution is 0.0244. The van der Waals surface area contributed by atoms with Crippen LogP contribution in [0.3, 0.4) is 0 Å². The van der Waals surface area contributed by atoms with Gasteiger partial charge in [-0.15, -0.1) is 0 Å². The lowest BCUT2D eigenvalue weighted by Gasteiger charge is -2.36. The van der Waals surface area contributed by atoms with Crippen molar-refractivity contribution in [2.24, 2.45) is 17.3 Å². The molecule has 0 heterocycles. The molecule has 0 aromatic rings. The van der Waals surface area contributed by atoms with Crippen LogP contribution in [0.5, 0.6) is 0 Å². The zero-order chi connectivity index (χ0) is 11.3. The number of hydrogen-bond acceptors (Lipinski definition) is 3. The van der Waals surface area contributed by atoms with Gasteiger partial charge in [-0.05, 0) is 37.0 Å². The van der Waals surface area contributed by atoms with Crippen LogP contribution in [0.15, 0.2) is 0 Å². The third-order valence-corrected chi connectivity index (χ3v) is 6.01. The van der Waals surface area contributed by atoms with Gasteiger partial charge >= 0.3 is 0 Å². The van der Waals surface area contributed by atoms with Gasteiger partial charge < -0.3 is 10.2 Å². The van der Waals surface area contributed by atoms with Crippen molar-refractivity contribution in [3.63, 3.8) is 0 Å². The van der Waals surface area contributed by atoms with Crippen LogP contribution in [-0.4, -0.2) is 33.4 Å². The summed E-state index contributed by atoms with van der Waals surface area (Å²) in [6, 6.07) is 0. The summed E-state index contributed by atoms with van der Waals surface area (Å²) >= 11 is 1.74. The van der Waals surface area contributed by atoms with Gasteiger partial charge in [-0.25, -0.2) is 0 Å². The van der Waals surface area contributed by atoms with Crippen molar-refractivity contribution in [2.45, 2.75) is 44.5 Å². The monoisotopic (exact) mass is 230 g/mol. The standard InChI is InChI=1S/C12H22O2S/c1-11(2)8-6-10(15-5-4-13)12(3,14)7-9(8)11/h8-10,13-14H,4-7H2,1-3H3/t8-,9?,10?,12-/m1/s1. The van der Waals surface area contributed by atoms with E-state index in [2.05, 4.69) is 13.8 Å². The molecule has 0 spiro atoms. The van der Waals surface area contributed by atoms with E-state index in [9.17, 15) is 5.11 Å². The summed E-state index contributed by atoms with van der Waals surface area (Å²) in [5.41, 5.74) is -0.0900. The number of rotatable bonds is 3. The third kappa shape index (κ3) is 1.94. The summed E-state index contributed by atoms with van der Waals surface area (Å²) < 4.78 is 0. The Kier molecular flexibility index (Phi) is 2.85. The average Bonchev–Trinajstić information content (AvgIpc) is 2.62. The molecule has 88 valence electrons. The quantitative estimate of drug-likeness (QED) is 0.778. The van der Waals surface area contributed by atoms with E-state index in [1.807, 2.05) is 6.92 Å². The van der Waals surface area contributed by atoms with Gasteiger partial charge in [-0.3, -0.25) is 0 Å². The molecule has 2 fully saturated rings. The maximum absolute atomic E-state index is 10.4. The number of aliphatic hydroxyl groups excluding tert-OH is 1. The Morgan fingerprint density at radius 2 is 1.93 bits per heavy atom. The minimum Gasteiger partial charge on any atom is -0.396 e. The van der Waals surface area contributed by atoms with E-state index in [-0.39, 0.29) is 6.61 Å². The van der Waals surface area contributed by atoms with E-state index < -0.39 is 5.60 Å². The van der Waals surface area contributed by atoms with Crippen molar-refractivity contribution >= 4 is 11.8 Å². The predicted octanol–water partition coefficient (Wildman–Crippen LogP) is 1.90. The maximum atomic E-state index is 10.4. The molecule has 2 aliphatic carbocycles. The first-order valence-electron chi connectivity index (χ1n) is 5.84. The van der Waals surface area contributed by atoms with Crippen molar-refractivity contribution in [3.8, 4) is 0 Å². The topological polar surface area (TPSA) is 40.5 Å². The second-order valence-corrected chi connectivity index (χ2v) is 7.23. The molecule has 2 nitrogen and oxygen atoms in total. The molecule has 2 unspecified atom stereocenters. The maximum Gasteiger partial charge on any atom is 0.0740 e. The minimum absolute atomic E-state index is 0.217. The second-order valence-electron chi connectivity index (χ2n) is 5.91. The smallest absolute Gasteiger partial charge is 0.0740 e. The Bertz CT molecular complexity index is 250. The summed E-state index contributed by atoms with van der Waals surface area (Å²) in [4.78, 5) is 0. The van der Waals surface area contributed by atoms with Gasteiger partial charge in [0.05, 0.1) is 12.2 Å². The van der Waals surface area contributed by atoms with Crippen LogP contribution < -0.4 is 0 Å². The lowest BCUT2D eigenvalue weighted by Crippen LogP contribution is -2.41. The number of aliphatic hydroxyl groups is 2. The van der Waals surface area contributed by atoms with Gasteiger partial charge in [-0.2, -0.15) is 11.8 Å². The SMILES string of the molecule is CC1(C)C2C[C@@](C)(O)C(SCCO)C[C@H]21. The molecule has 3 heteroatoms. The molecule has 0 aromatic heterocycles. The average molecular weight is 230 g/mol. The minimum atomic E-state index is -0.533. The molecule has 0 aliphatic heterocycles. The van der Waals surface area contributed by atoms with Crippen LogP contribution >= 0.6 is 11.8 Å². The van der Waals surface area contributed by atoms with Crippen molar-refractivity contribution < 1.29 is 10.2 Å². The van der Waals surface area contributed by atoms with Crippen LogP contribution in [0, 0.1) is 17.3 Å². The highest BCUT2D eigenvalue weighted by atomic mass is 32.2. The fraction of sp³-hybridized carbons (Fsp3) is 1.00. The Morgan fingerprint density at radius 3 is 2.53 bits per heavy atom. The summed E-state index contributed by atoms with van der Waals surface area (Å²) in [6.07, 6.45) is 2.06. The first-order valence-corrected chi connectivity index (χ1v) is 6.89.